The lowest BCUT2D eigenvalue weighted by Gasteiger charge is -2.38. The van der Waals surface area contributed by atoms with Gasteiger partial charge in [0, 0.05) is 50.7 Å². The summed E-state index contributed by atoms with van der Waals surface area (Å²) < 4.78 is 0. The fraction of sp³-hybridized carbons (Fsp3) is 0.562. The van der Waals surface area contributed by atoms with Gasteiger partial charge in [0.25, 0.3) is 0 Å². The quantitative estimate of drug-likeness (QED) is 0.925. The van der Waals surface area contributed by atoms with E-state index in [1.807, 2.05) is 18.2 Å². The second-order valence-corrected chi connectivity index (χ2v) is 6.17. The molecule has 1 aromatic carbocycles. The van der Waals surface area contributed by atoms with Gasteiger partial charge in [0.15, 0.2) is 0 Å². The van der Waals surface area contributed by atoms with Crippen LogP contribution in [0.15, 0.2) is 18.2 Å². The van der Waals surface area contributed by atoms with E-state index in [-0.39, 0.29) is 11.9 Å². The smallest absolute Gasteiger partial charge is 0.221 e. The summed E-state index contributed by atoms with van der Waals surface area (Å²) in [6, 6.07) is 6.03. The maximum absolute atomic E-state index is 11.9. The van der Waals surface area contributed by atoms with E-state index in [4.69, 9.17) is 11.6 Å². The van der Waals surface area contributed by atoms with Gasteiger partial charge in [0.2, 0.25) is 5.91 Å². The van der Waals surface area contributed by atoms with Crippen molar-refractivity contribution in [3.05, 3.63) is 34.3 Å². The van der Waals surface area contributed by atoms with E-state index in [1.165, 1.54) is 5.56 Å². The summed E-state index contributed by atoms with van der Waals surface area (Å²) >= 11 is 6.17. The van der Waals surface area contributed by atoms with Crippen LogP contribution < -0.4 is 5.32 Å². The molecule has 1 N–H and O–H groups in total. The van der Waals surface area contributed by atoms with Crippen molar-refractivity contribution in [1.29, 1.82) is 0 Å². The number of halogens is 1. The van der Waals surface area contributed by atoms with Crippen LogP contribution in [0.1, 0.15) is 23.6 Å². The Labute approximate surface area is 132 Å². The van der Waals surface area contributed by atoms with E-state index in [0.29, 0.717) is 6.42 Å². The number of nitrogens with zero attached hydrogens (tertiary/aromatic N) is 2. The number of likely N-dealkylation sites (N-methyl/N-ethyl adjacent to an activating group) is 1. The molecule has 1 amide bonds. The molecular formula is C16H24ClN3O. The molecule has 1 aliphatic rings. The molecule has 1 heterocycles. The van der Waals surface area contributed by atoms with Crippen LogP contribution in [0.2, 0.25) is 5.02 Å². The molecule has 0 aliphatic carbocycles. The summed E-state index contributed by atoms with van der Waals surface area (Å²) in [6.45, 7) is 6.10. The molecule has 0 aromatic heterocycles. The molecule has 2 rings (SSSR count). The molecule has 1 unspecified atom stereocenters. The molecule has 4 nitrogen and oxygen atoms in total. The Bertz CT molecular complexity index is 498. The minimum absolute atomic E-state index is 0.0679. The van der Waals surface area contributed by atoms with E-state index in [1.54, 1.807) is 7.05 Å². The summed E-state index contributed by atoms with van der Waals surface area (Å²) in [7, 11) is 3.82. The Morgan fingerprint density at radius 3 is 2.62 bits per heavy atom. The molecular weight excluding hydrogens is 286 g/mol. The number of piperazine rings is 1. The molecule has 1 aliphatic heterocycles. The third kappa shape index (κ3) is 4.19. The molecule has 5 heteroatoms. The number of carbonyl (C=O) groups excluding carboxylic acids is 1. The molecule has 0 bridgehead atoms. The van der Waals surface area contributed by atoms with Gasteiger partial charge in [0.05, 0.1) is 0 Å². The van der Waals surface area contributed by atoms with E-state index < -0.39 is 0 Å². The van der Waals surface area contributed by atoms with Crippen molar-refractivity contribution >= 4 is 17.5 Å². The molecule has 1 fully saturated rings. The Balaban J connectivity index is 2.26. The summed E-state index contributed by atoms with van der Waals surface area (Å²) in [4.78, 5) is 16.6. The standard InChI is InChI=1S/C16H24ClN3O/c1-12-4-5-13(17)10-14(12)15(11-16(21)18-2)20-8-6-19(3)7-9-20/h4-5,10,15H,6-9,11H2,1-3H3,(H,18,21). The van der Waals surface area contributed by atoms with Gasteiger partial charge >= 0.3 is 0 Å². The number of carbonyl (C=O) groups is 1. The minimum atomic E-state index is 0.0679. The number of amides is 1. The van der Waals surface area contributed by atoms with Crippen molar-refractivity contribution in [2.75, 3.05) is 40.3 Å². The van der Waals surface area contributed by atoms with Gasteiger partial charge in [-0.1, -0.05) is 17.7 Å². The lowest BCUT2D eigenvalue weighted by atomic mass is 9.96. The van der Waals surface area contributed by atoms with E-state index >= 15 is 0 Å². The van der Waals surface area contributed by atoms with Crippen LogP contribution in [0.25, 0.3) is 0 Å². The van der Waals surface area contributed by atoms with Gasteiger partial charge in [-0.25, -0.2) is 0 Å². The third-order valence-corrected chi connectivity index (χ3v) is 4.47. The van der Waals surface area contributed by atoms with Crippen molar-refractivity contribution in [2.45, 2.75) is 19.4 Å². The Morgan fingerprint density at radius 1 is 1.33 bits per heavy atom. The van der Waals surface area contributed by atoms with Crippen LogP contribution in [0.5, 0.6) is 0 Å². The first-order valence-electron chi connectivity index (χ1n) is 7.40. The maximum atomic E-state index is 11.9. The van der Waals surface area contributed by atoms with Gasteiger partial charge in [-0.15, -0.1) is 0 Å². The van der Waals surface area contributed by atoms with E-state index in [9.17, 15) is 4.79 Å². The third-order valence-electron chi connectivity index (χ3n) is 4.24. The molecule has 0 spiro atoms. The Morgan fingerprint density at radius 2 is 2.00 bits per heavy atom. The second kappa shape index (κ2) is 7.25. The molecule has 116 valence electrons. The normalized spacial score (nSPS) is 18.5. The molecule has 1 atom stereocenters. The van der Waals surface area contributed by atoms with Crippen molar-refractivity contribution in [2.24, 2.45) is 0 Å². The molecule has 0 radical (unpaired) electrons. The van der Waals surface area contributed by atoms with E-state index in [2.05, 4.69) is 29.1 Å². The number of hydrogen-bond acceptors (Lipinski definition) is 3. The maximum Gasteiger partial charge on any atom is 0.221 e. The fourth-order valence-electron chi connectivity index (χ4n) is 2.82. The van der Waals surface area contributed by atoms with Crippen molar-refractivity contribution in [3.63, 3.8) is 0 Å². The lowest BCUT2D eigenvalue weighted by molar-refractivity contribution is -0.122. The highest BCUT2D eigenvalue weighted by Gasteiger charge is 2.27. The average Bonchev–Trinajstić information content (AvgIpc) is 2.48. The zero-order chi connectivity index (χ0) is 15.4. The van der Waals surface area contributed by atoms with Crippen LogP contribution in [-0.4, -0.2) is 56.0 Å². The predicted molar refractivity (Wildman–Crippen MR) is 86.7 cm³/mol. The minimum Gasteiger partial charge on any atom is -0.359 e. The van der Waals surface area contributed by atoms with Crippen LogP contribution >= 0.6 is 11.6 Å². The van der Waals surface area contributed by atoms with Crippen molar-refractivity contribution < 1.29 is 4.79 Å². The van der Waals surface area contributed by atoms with Gasteiger partial charge in [0.1, 0.15) is 0 Å². The van der Waals surface area contributed by atoms with E-state index in [0.717, 1.165) is 36.8 Å². The zero-order valence-electron chi connectivity index (χ0n) is 13.0. The summed E-state index contributed by atoms with van der Waals surface area (Å²) in [5.41, 5.74) is 2.35. The van der Waals surface area contributed by atoms with Crippen LogP contribution in [-0.2, 0) is 4.79 Å². The van der Waals surface area contributed by atoms with Gasteiger partial charge in [-0.3, -0.25) is 9.69 Å². The molecule has 1 aromatic rings. The highest BCUT2D eigenvalue weighted by Crippen LogP contribution is 2.30. The fourth-order valence-corrected chi connectivity index (χ4v) is 3.00. The first-order valence-corrected chi connectivity index (χ1v) is 7.78. The van der Waals surface area contributed by atoms with Gasteiger partial charge in [-0.05, 0) is 37.2 Å². The SMILES string of the molecule is CNC(=O)CC(c1cc(Cl)ccc1C)N1CCN(C)CC1. The van der Waals surface area contributed by atoms with Crippen LogP contribution in [0, 0.1) is 6.92 Å². The summed E-state index contributed by atoms with van der Waals surface area (Å²) in [5, 5.41) is 3.47. The summed E-state index contributed by atoms with van der Waals surface area (Å²) in [6.07, 6.45) is 0.474. The first kappa shape index (κ1) is 16.3. The van der Waals surface area contributed by atoms with Gasteiger partial charge in [-0.2, -0.15) is 0 Å². The molecule has 1 saturated heterocycles. The van der Waals surface area contributed by atoms with Crippen LogP contribution in [0.3, 0.4) is 0 Å². The summed E-state index contributed by atoms with van der Waals surface area (Å²) in [5.74, 6) is 0.0679. The molecule has 0 saturated carbocycles. The number of hydrogen-bond donors (Lipinski definition) is 1. The lowest BCUT2D eigenvalue weighted by Crippen LogP contribution is -2.46. The Kier molecular flexibility index (Phi) is 5.62. The monoisotopic (exact) mass is 309 g/mol. The zero-order valence-corrected chi connectivity index (χ0v) is 13.8. The van der Waals surface area contributed by atoms with Gasteiger partial charge < -0.3 is 10.2 Å². The highest BCUT2D eigenvalue weighted by molar-refractivity contribution is 6.30. The number of aryl methyl sites for hydroxylation is 1. The Hall–Kier alpha value is -1.10. The largest absolute Gasteiger partial charge is 0.359 e. The first-order chi connectivity index (χ1) is 10.0. The predicted octanol–water partition coefficient (Wildman–Crippen LogP) is 2.07. The number of benzene rings is 1. The number of rotatable bonds is 4. The van der Waals surface area contributed by atoms with Crippen LogP contribution in [0.4, 0.5) is 0 Å². The topological polar surface area (TPSA) is 35.6 Å². The highest BCUT2D eigenvalue weighted by atomic mass is 35.5. The van der Waals surface area contributed by atoms with Crippen molar-refractivity contribution in [1.82, 2.24) is 15.1 Å². The second-order valence-electron chi connectivity index (χ2n) is 5.73. The van der Waals surface area contributed by atoms with Crippen molar-refractivity contribution in [3.8, 4) is 0 Å². The number of nitrogens with one attached hydrogen (secondary N) is 1. The average molecular weight is 310 g/mol. The molecule has 21 heavy (non-hydrogen) atoms.